The maximum Gasteiger partial charge on any atom is 0.213 e. The van der Waals surface area contributed by atoms with Crippen molar-refractivity contribution < 1.29 is 4.74 Å². The molecule has 0 spiro atoms. The Morgan fingerprint density at radius 1 is 1.35 bits per heavy atom. The summed E-state index contributed by atoms with van der Waals surface area (Å²) in [6.45, 7) is 3.89. The van der Waals surface area contributed by atoms with E-state index in [0.29, 0.717) is 6.10 Å². The Labute approximate surface area is 109 Å². The number of halogens is 1. The number of aromatic nitrogens is 1. The van der Waals surface area contributed by atoms with Gasteiger partial charge in [0.1, 0.15) is 6.10 Å². The van der Waals surface area contributed by atoms with Gasteiger partial charge >= 0.3 is 0 Å². The Kier molecular flexibility index (Phi) is 6.26. The van der Waals surface area contributed by atoms with Crippen LogP contribution in [-0.2, 0) is 0 Å². The number of hydrogen-bond acceptors (Lipinski definition) is 4. The number of likely N-dealkylation sites (tertiary alicyclic amines) is 1. The van der Waals surface area contributed by atoms with E-state index in [-0.39, 0.29) is 12.4 Å². The summed E-state index contributed by atoms with van der Waals surface area (Å²) in [4.78, 5) is 6.56. The lowest BCUT2D eigenvalue weighted by molar-refractivity contribution is 0.0985. The van der Waals surface area contributed by atoms with Gasteiger partial charge in [-0.1, -0.05) is 6.07 Å². The largest absolute Gasteiger partial charge is 0.474 e. The third-order valence-electron chi connectivity index (χ3n) is 2.91. The Morgan fingerprint density at radius 2 is 2.12 bits per heavy atom. The van der Waals surface area contributed by atoms with Gasteiger partial charge in [0, 0.05) is 38.4 Å². The first-order valence-electron chi connectivity index (χ1n) is 5.88. The minimum Gasteiger partial charge on any atom is -0.474 e. The maximum atomic E-state index is 5.81. The normalized spacial score (nSPS) is 17.5. The van der Waals surface area contributed by atoms with Gasteiger partial charge in [-0.2, -0.15) is 0 Å². The highest BCUT2D eigenvalue weighted by atomic mass is 35.5. The molecule has 2 heterocycles. The fourth-order valence-electron chi connectivity index (χ4n) is 2.02. The minimum atomic E-state index is 0. The summed E-state index contributed by atoms with van der Waals surface area (Å²) in [7, 11) is 0. The van der Waals surface area contributed by atoms with E-state index in [9.17, 15) is 0 Å². The van der Waals surface area contributed by atoms with Gasteiger partial charge in [-0.15, -0.1) is 12.4 Å². The number of pyridine rings is 1. The van der Waals surface area contributed by atoms with E-state index in [2.05, 4.69) is 9.88 Å². The molecule has 1 aliphatic rings. The molecule has 4 nitrogen and oxygen atoms in total. The zero-order valence-electron chi connectivity index (χ0n) is 9.92. The first kappa shape index (κ1) is 14.2. The molecule has 0 aliphatic carbocycles. The van der Waals surface area contributed by atoms with Crippen LogP contribution < -0.4 is 10.5 Å². The summed E-state index contributed by atoms with van der Waals surface area (Å²) in [6, 6.07) is 5.76. The third kappa shape index (κ3) is 4.50. The van der Waals surface area contributed by atoms with E-state index in [1.54, 1.807) is 6.20 Å². The predicted molar refractivity (Wildman–Crippen MR) is 70.6 cm³/mol. The molecule has 0 atom stereocenters. The van der Waals surface area contributed by atoms with E-state index < -0.39 is 0 Å². The summed E-state index contributed by atoms with van der Waals surface area (Å²) < 4.78 is 5.81. The highest BCUT2D eigenvalue weighted by molar-refractivity contribution is 5.85. The molecule has 0 amide bonds. The van der Waals surface area contributed by atoms with Gasteiger partial charge < -0.3 is 15.4 Å². The molecule has 1 saturated heterocycles. The van der Waals surface area contributed by atoms with Gasteiger partial charge in [-0.3, -0.25) is 0 Å². The van der Waals surface area contributed by atoms with Crippen molar-refractivity contribution in [2.75, 3.05) is 26.2 Å². The second-order valence-electron chi connectivity index (χ2n) is 4.12. The molecule has 96 valence electrons. The van der Waals surface area contributed by atoms with Gasteiger partial charge in [-0.25, -0.2) is 4.98 Å². The van der Waals surface area contributed by atoms with E-state index in [1.165, 1.54) is 0 Å². The van der Waals surface area contributed by atoms with Gasteiger partial charge in [-0.05, 0) is 18.9 Å². The molecule has 0 aromatic carbocycles. The molecule has 0 bridgehead atoms. The molecule has 0 saturated carbocycles. The number of nitrogens with zero attached hydrogens (tertiary/aromatic N) is 2. The van der Waals surface area contributed by atoms with E-state index in [0.717, 1.165) is 44.9 Å². The molecule has 0 radical (unpaired) electrons. The number of nitrogens with two attached hydrogens (primary N) is 1. The maximum absolute atomic E-state index is 5.81. The second kappa shape index (κ2) is 7.48. The fraction of sp³-hybridized carbons (Fsp3) is 0.583. The van der Waals surface area contributed by atoms with Crippen LogP contribution >= 0.6 is 12.4 Å². The zero-order chi connectivity index (χ0) is 11.2. The van der Waals surface area contributed by atoms with Gasteiger partial charge in [0.25, 0.3) is 0 Å². The molecule has 17 heavy (non-hydrogen) atoms. The van der Waals surface area contributed by atoms with Crippen molar-refractivity contribution in [3.63, 3.8) is 0 Å². The van der Waals surface area contributed by atoms with Crippen LogP contribution in [0.4, 0.5) is 0 Å². The van der Waals surface area contributed by atoms with Crippen molar-refractivity contribution in [2.45, 2.75) is 18.9 Å². The smallest absolute Gasteiger partial charge is 0.213 e. The molecule has 2 rings (SSSR count). The molecule has 0 unspecified atom stereocenters. The van der Waals surface area contributed by atoms with E-state index in [4.69, 9.17) is 10.5 Å². The summed E-state index contributed by atoms with van der Waals surface area (Å²) in [5.74, 6) is 0.736. The molecule has 2 N–H and O–H groups in total. The lowest BCUT2D eigenvalue weighted by Gasteiger charge is -2.31. The fourth-order valence-corrected chi connectivity index (χ4v) is 2.02. The Bertz CT molecular complexity index is 302. The Hall–Kier alpha value is -0.840. The minimum absolute atomic E-state index is 0. The van der Waals surface area contributed by atoms with Crippen LogP contribution in [0.15, 0.2) is 24.4 Å². The van der Waals surface area contributed by atoms with Crippen LogP contribution in [0.2, 0.25) is 0 Å². The lowest BCUT2D eigenvalue weighted by atomic mass is 10.1. The third-order valence-corrected chi connectivity index (χ3v) is 2.91. The number of hydrogen-bond donors (Lipinski definition) is 1. The van der Waals surface area contributed by atoms with E-state index >= 15 is 0 Å². The van der Waals surface area contributed by atoms with Crippen molar-refractivity contribution in [3.05, 3.63) is 24.4 Å². The first-order chi connectivity index (χ1) is 7.88. The van der Waals surface area contributed by atoms with Crippen LogP contribution in [-0.4, -0.2) is 42.2 Å². The molecule has 1 aliphatic heterocycles. The summed E-state index contributed by atoms with van der Waals surface area (Å²) in [5.41, 5.74) is 5.53. The molecular weight excluding hydrogens is 238 g/mol. The van der Waals surface area contributed by atoms with E-state index in [1.807, 2.05) is 18.2 Å². The average Bonchev–Trinajstić information content (AvgIpc) is 2.33. The molecule has 1 aromatic heterocycles. The first-order valence-corrected chi connectivity index (χ1v) is 5.88. The summed E-state index contributed by atoms with van der Waals surface area (Å²) in [6.07, 6.45) is 4.20. The molecule has 1 fully saturated rings. The van der Waals surface area contributed by atoms with Crippen LogP contribution in [0.5, 0.6) is 5.88 Å². The zero-order valence-corrected chi connectivity index (χ0v) is 10.7. The highest BCUT2D eigenvalue weighted by Crippen LogP contribution is 2.16. The highest BCUT2D eigenvalue weighted by Gasteiger charge is 2.19. The van der Waals surface area contributed by atoms with Crippen molar-refractivity contribution in [3.8, 4) is 5.88 Å². The van der Waals surface area contributed by atoms with Crippen LogP contribution in [0.25, 0.3) is 0 Å². The second-order valence-corrected chi connectivity index (χ2v) is 4.12. The van der Waals surface area contributed by atoms with Crippen LogP contribution in [0.1, 0.15) is 12.8 Å². The van der Waals surface area contributed by atoms with Crippen molar-refractivity contribution in [2.24, 2.45) is 5.73 Å². The Morgan fingerprint density at radius 3 is 2.71 bits per heavy atom. The summed E-state index contributed by atoms with van der Waals surface area (Å²) in [5, 5.41) is 0. The SMILES string of the molecule is Cl.NCCN1CCC(Oc2ccccn2)CC1. The monoisotopic (exact) mass is 257 g/mol. The van der Waals surface area contributed by atoms with Crippen molar-refractivity contribution in [1.29, 1.82) is 0 Å². The lowest BCUT2D eigenvalue weighted by Crippen LogP contribution is -2.40. The predicted octanol–water partition coefficient (Wildman–Crippen LogP) is 1.31. The topological polar surface area (TPSA) is 51.4 Å². The van der Waals surface area contributed by atoms with Gasteiger partial charge in [0.15, 0.2) is 0 Å². The summed E-state index contributed by atoms with van der Waals surface area (Å²) >= 11 is 0. The molecule has 1 aromatic rings. The Balaban J connectivity index is 0.00000144. The van der Waals surface area contributed by atoms with Gasteiger partial charge in [0.2, 0.25) is 5.88 Å². The average molecular weight is 258 g/mol. The molecular formula is C12H20ClN3O. The van der Waals surface area contributed by atoms with Crippen molar-refractivity contribution in [1.82, 2.24) is 9.88 Å². The number of ether oxygens (including phenoxy) is 1. The molecule has 5 heteroatoms. The number of piperidine rings is 1. The standard InChI is InChI=1S/C12H19N3O.ClH/c13-6-10-15-8-4-11(5-9-15)16-12-3-1-2-7-14-12;/h1-3,7,11H,4-6,8-10,13H2;1H. The quantitative estimate of drug-likeness (QED) is 0.884. The van der Waals surface area contributed by atoms with Crippen LogP contribution in [0.3, 0.4) is 0 Å². The number of rotatable bonds is 4. The van der Waals surface area contributed by atoms with Crippen LogP contribution in [0, 0.1) is 0 Å². The van der Waals surface area contributed by atoms with Gasteiger partial charge in [0.05, 0.1) is 0 Å². The van der Waals surface area contributed by atoms with Crippen molar-refractivity contribution >= 4 is 12.4 Å².